The molecule has 0 bridgehead atoms. The van der Waals surface area contributed by atoms with E-state index in [1.165, 1.54) is 25.1 Å². The normalized spacial score (nSPS) is 20.8. The molecule has 1 aromatic carbocycles. The van der Waals surface area contributed by atoms with Crippen LogP contribution < -0.4 is 5.32 Å². The summed E-state index contributed by atoms with van der Waals surface area (Å²) in [5, 5.41) is 11.9. The molecule has 1 fully saturated rings. The zero-order chi connectivity index (χ0) is 19.0. The maximum Gasteiger partial charge on any atom is 0.321 e. The van der Waals surface area contributed by atoms with E-state index in [4.69, 9.17) is 0 Å². The molecule has 1 aliphatic heterocycles. The molecule has 2 rings (SSSR count). The van der Waals surface area contributed by atoms with Crippen LogP contribution in [0.4, 0.5) is 10.5 Å². The Bertz CT molecular complexity index is 806. The van der Waals surface area contributed by atoms with Gasteiger partial charge in [-0.15, -0.1) is 0 Å². The minimum atomic E-state index is -3.62. The van der Waals surface area contributed by atoms with Crippen LogP contribution in [0.3, 0.4) is 0 Å². The van der Waals surface area contributed by atoms with Gasteiger partial charge in [-0.1, -0.05) is 6.07 Å². The van der Waals surface area contributed by atoms with Gasteiger partial charge in [0.05, 0.1) is 10.3 Å². The van der Waals surface area contributed by atoms with Gasteiger partial charge in [-0.05, 0) is 38.0 Å². The molecule has 138 valence electrons. The lowest BCUT2D eigenvalue weighted by atomic mass is 9.90. The number of rotatable bonds is 4. The van der Waals surface area contributed by atoms with Crippen LogP contribution in [0.2, 0.25) is 0 Å². The first-order valence-electron chi connectivity index (χ1n) is 7.80. The Morgan fingerprint density at radius 1 is 1.32 bits per heavy atom. The van der Waals surface area contributed by atoms with Crippen LogP contribution >= 0.6 is 0 Å². The Hall–Kier alpha value is -2.13. The van der Waals surface area contributed by atoms with Crippen LogP contribution in [0, 0.1) is 12.3 Å². The Morgan fingerprint density at radius 2 is 1.96 bits per heavy atom. The minimum Gasteiger partial charge on any atom is -0.481 e. The predicted octanol–water partition coefficient (Wildman–Crippen LogP) is 1.57. The largest absolute Gasteiger partial charge is 0.481 e. The second-order valence-electron chi connectivity index (χ2n) is 6.68. The van der Waals surface area contributed by atoms with Gasteiger partial charge in [0, 0.05) is 32.9 Å². The summed E-state index contributed by atoms with van der Waals surface area (Å²) in [6.07, 6.45) is 0.379. The van der Waals surface area contributed by atoms with Crippen LogP contribution in [-0.4, -0.2) is 61.9 Å². The molecular weight excluding hydrogens is 346 g/mol. The van der Waals surface area contributed by atoms with Crippen molar-refractivity contribution in [1.82, 2.24) is 9.21 Å². The van der Waals surface area contributed by atoms with Crippen molar-refractivity contribution in [3.63, 3.8) is 0 Å². The van der Waals surface area contributed by atoms with E-state index in [2.05, 4.69) is 5.32 Å². The second kappa shape index (κ2) is 6.64. The number of hydrogen-bond donors (Lipinski definition) is 2. The molecule has 0 radical (unpaired) electrons. The highest BCUT2D eigenvalue weighted by Crippen LogP contribution is 2.31. The van der Waals surface area contributed by atoms with Gasteiger partial charge >= 0.3 is 12.0 Å². The van der Waals surface area contributed by atoms with Crippen molar-refractivity contribution >= 4 is 27.7 Å². The lowest BCUT2D eigenvalue weighted by Gasteiger charge is -2.22. The highest BCUT2D eigenvalue weighted by molar-refractivity contribution is 7.89. The number of likely N-dealkylation sites (tertiary alicyclic amines) is 1. The third-order valence-corrected chi connectivity index (χ3v) is 6.52. The van der Waals surface area contributed by atoms with Gasteiger partial charge in [-0.3, -0.25) is 4.79 Å². The van der Waals surface area contributed by atoms with Gasteiger partial charge in [0.15, 0.2) is 0 Å². The van der Waals surface area contributed by atoms with Crippen LogP contribution in [0.1, 0.15) is 18.9 Å². The minimum absolute atomic E-state index is 0.114. The van der Waals surface area contributed by atoms with E-state index in [1.807, 2.05) is 0 Å². The molecule has 1 heterocycles. The van der Waals surface area contributed by atoms with E-state index in [-0.39, 0.29) is 11.4 Å². The number of aliphatic carboxylic acids is 1. The number of amides is 2. The summed E-state index contributed by atoms with van der Waals surface area (Å²) in [6.45, 7) is 3.68. The number of anilines is 1. The highest BCUT2D eigenvalue weighted by Gasteiger charge is 2.42. The monoisotopic (exact) mass is 369 g/mol. The van der Waals surface area contributed by atoms with Gasteiger partial charge in [-0.25, -0.2) is 17.5 Å². The number of carbonyl (C=O) groups is 2. The van der Waals surface area contributed by atoms with Crippen molar-refractivity contribution in [2.24, 2.45) is 5.41 Å². The van der Waals surface area contributed by atoms with Crippen LogP contribution in [0.25, 0.3) is 0 Å². The van der Waals surface area contributed by atoms with E-state index < -0.39 is 27.4 Å². The average Bonchev–Trinajstić information content (AvgIpc) is 2.93. The van der Waals surface area contributed by atoms with E-state index >= 15 is 0 Å². The molecule has 25 heavy (non-hydrogen) atoms. The number of carboxylic acids is 1. The fourth-order valence-corrected chi connectivity index (χ4v) is 3.87. The van der Waals surface area contributed by atoms with E-state index in [0.29, 0.717) is 24.2 Å². The second-order valence-corrected chi connectivity index (χ2v) is 8.80. The third-order valence-electron chi connectivity index (χ3n) is 4.56. The number of urea groups is 1. The molecule has 0 saturated carbocycles. The lowest BCUT2D eigenvalue weighted by Crippen LogP contribution is -2.37. The smallest absolute Gasteiger partial charge is 0.321 e. The SMILES string of the molecule is Cc1c(NC(=O)N2CCC(C)(C(=O)O)C2)cccc1S(=O)(=O)N(C)C. The fraction of sp³-hybridized carbons (Fsp3) is 0.500. The molecule has 8 nitrogen and oxygen atoms in total. The number of carbonyl (C=O) groups excluding carboxylic acids is 1. The molecule has 9 heteroatoms. The Balaban J connectivity index is 2.22. The summed E-state index contributed by atoms with van der Waals surface area (Å²) in [5.41, 5.74) is -0.135. The first-order chi connectivity index (χ1) is 11.5. The molecule has 0 aliphatic carbocycles. The number of nitrogens with one attached hydrogen (secondary N) is 1. The van der Waals surface area contributed by atoms with E-state index in [1.54, 1.807) is 26.0 Å². The summed E-state index contributed by atoms with van der Waals surface area (Å²) < 4.78 is 25.8. The quantitative estimate of drug-likeness (QED) is 0.838. The molecule has 1 atom stereocenters. The van der Waals surface area contributed by atoms with Crippen LogP contribution in [-0.2, 0) is 14.8 Å². The Labute approximate surface area is 147 Å². The zero-order valence-electron chi connectivity index (χ0n) is 14.7. The third kappa shape index (κ3) is 3.62. The number of sulfonamides is 1. The number of nitrogens with zero attached hydrogens (tertiary/aromatic N) is 2. The van der Waals surface area contributed by atoms with E-state index in [0.717, 1.165) is 4.31 Å². The molecule has 1 aromatic rings. The van der Waals surface area contributed by atoms with Crippen molar-refractivity contribution < 1.29 is 23.1 Å². The first kappa shape index (κ1) is 19.2. The average molecular weight is 369 g/mol. The van der Waals surface area contributed by atoms with Gasteiger partial charge in [-0.2, -0.15) is 0 Å². The van der Waals surface area contributed by atoms with Gasteiger partial charge in [0.25, 0.3) is 0 Å². The molecule has 1 saturated heterocycles. The Morgan fingerprint density at radius 3 is 2.48 bits per heavy atom. The maximum absolute atomic E-state index is 12.4. The summed E-state index contributed by atoms with van der Waals surface area (Å²) in [6, 6.07) is 4.23. The number of hydrogen-bond acceptors (Lipinski definition) is 4. The maximum atomic E-state index is 12.4. The number of benzene rings is 1. The van der Waals surface area contributed by atoms with Gasteiger partial charge in [0.1, 0.15) is 0 Å². The van der Waals surface area contributed by atoms with Crippen molar-refractivity contribution in [1.29, 1.82) is 0 Å². The van der Waals surface area contributed by atoms with Crippen molar-refractivity contribution in [3.05, 3.63) is 23.8 Å². The first-order valence-corrected chi connectivity index (χ1v) is 9.24. The molecule has 1 aliphatic rings. The zero-order valence-corrected chi connectivity index (χ0v) is 15.6. The molecule has 0 spiro atoms. The highest BCUT2D eigenvalue weighted by atomic mass is 32.2. The summed E-state index contributed by atoms with van der Waals surface area (Å²) in [5.74, 6) is -0.932. The summed E-state index contributed by atoms with van der Waals surface area (Å²) >= 11 is 0. The van der Waals surface area contributed by atoms with Crippen LogP contribution in [0.15, 0.2) is 23.1 Å². The van der Waals surface area contributed by atoms with Crippen LogP contribution in [0.5, 0.6) is 0 Å². The van der Waals surface area contributed by atoms with Crippen molar-refractivity contribution in [3.8, 4) is 0 Å². The van der Waals surface area contributed by atoms with Gasteiger partial charge in [0.2, 0.25) is 10.0 Å². The fourth-order valence-electron chi connectivity index (χ4n) is 2.73. The topological polar surface area (TPSA) is 107 Å². The van der Waals surface area contributed by atoms with E-state index in [9.17, 15) is 23.1 Å². The van der Waals surface area contributed by atoms with Crippen molar-refractivity contribution in [2.75, 3.05) is 32.5 Å². The molecule has 0 aromatic heterocycles. The molecule has 1 unspecified atom stereocenters. The summed E-state index contributed by atoms with van der Waals surface area (Å²) in [4.78, 5) is 25.3. The molecule has 2 N–H and O–H groups in total. The molecule has 2 amide bonds. The predicted molar refractivity (Wildman–Crippen MR) is 93.0 cm³/mol. The standard InChI is InChI=1S/C16H23N3O5S/c1-11-12(6-5-7-13(11)25(23,24)18(3)4)17-15(22)19-9-8-16(2,10-19)14(20)21/h5-7H,8-10H2,1-4H3,(H,17,22)(H,20,21). The lowest BCUT2D eigenvalue weighted by molar-refractivity contribution is -0.146. The molecular formula is C16H23N3O5S. The Kier molecular flexibility index (Phi) is 5.10. The van der Waals surface area contributed by atoms with Gasteiger partial charge < -0.3 is 15.3 Å². The van der Waals surface area contributed by atoms with Crippen molar-refractivity contribution in [2.45, 2.75) is 25.2 Å². The summed E-state index contributed by atoms with van der Waals surface area (Å²) in [7, 11) is -0.741. The number of carboxylic acid groups (broad SMARTS) is 1.